The van der Waals surface area contributed by atoms with Crippen molar-refractivity contribution in [3.8, 4) is 0 Å². The van der Waals surface area contributed by atoms with Crippen LogP contribution in [-0.4, -0.2) is 29.1 Å². The molecule has 0 radical (unpaired) electrons. The minimum absolute atomic E-state index is 0.165. The molecule has 20 heavy (non-hydrogen) atoms. The Bertz CT molecular complexity index is 464. The number of rotatable bonds is 4. The molecule has 0 saturated carbocycles. The number of nitrogens with zero attached hydrogens (tertiary/aromatic N) is 1. The first-order valence-electron chi connectivity index (χ1n) is 7.57. The SMILES string of the molecule is Cc1ccccc1C(C)(CC(=O)O)N1CCCCCC1. The first-order chi connectivity index (χ1) is 9.54. The van der Waals surface area contributed by atoms with E-state index in [1.54, 1.807) is 0 Å². The lowest BCUT2D eigenvalue weighted by Gasteiger charge is -2.41. The number of benzene rings is 1. The predicted octanol–water partition coefficient (Wildman–Crippen LogP) is 3.56. The van der Waals surface area contributed by atoms with Crippen LogP contribution >= 0.6 is 0 Å². The second-order valence-electron chi connectivity index (χ2n) is 6.06. The molecule has 1 N–H and O–H groups in total. The van der Waals surface area contributed by atoms with Gasteiger partial charge in [0.05, 0.1) is 12.0 Å². The molecule has 110 valence electrons. The van der Waals surface area contributed by atoms with Gasteiger partial charge in [-0.2, -0.15) is 0 Å². The molecule has 1 aliphatic heterocycles. The van der Waals surface area contributed by atoms with Gasteiger partial charge in [0.2, 0.25) is 0 Å². The van der Waals surface area contributed by atoms with Crippen molar-refractivity contribution in [2.24, 2.45) is 0 Å². The van der Waals surface area contributed by atoms with Crippen LogP contribution < -0.4 is 0 Å². The second kappa shape index (κ2) is 6.40. The molecule has 2 rings (SSSR count). The van der Waals surface area contributed by atoms with Crippen LogP contribution in [0, 0.1) is 6.92 Å². The second-order valence-corrected chi connectivity index (χ2v) is 6.06. The number of hydrogen-bond donors (Lipinski definition) is 1. The standard InChI is InChI=1S/C17H25NO2/c1-14-9-5-6-10-15(14)17(2,13-16(19)20)18-11-7-3-4-8-12-18/h5-6,9-10H,3-4,7-8,11-13H2,1-2H3,(H,19,20). The lowest BCUT2D eigenvalue weighted by Crippen LogP contribution is -2.46. The van der Waals surface area contributed by atoms with Crippen LogP contribution in [0.1, 0.15) is 50.2 Å². The maximum atomic E-state index is 11.4. The fourth-order valence-corrected chi connectivity index (χ4v) is 3.41. The third-order valence-electron chi connectivity index (χ3n) is 4.52. The fourth-order valence-electron chi connectivity index (χ4n) is 3.41. The molecule has 1 unspecified atom stereocenters. The van der Waals surface area contributed by atoms with E-state index in [-0.39, 0.29) is 6.42 Å². The van der Waals surface area contributed by atoms with E-state index in [0.717, 1.165) is 18.7 Å². The number of carboxylic acids is 1. The van der Waals surface area contributed by atoms with Gasteiger partial charge in [0.1, 0.15) is 0 Å². The summed E-state index contributed by atoms with van der Waals surface area (Å²) >= 11 is 0. The molecule has 0 amide bonds. The zero-order chi connectivity index (χ0) is 14.6. The molecule has 1 aromatic rings. The average Bonchev–Trinajstić information content (AvgIpc) is 2.67. The molecule has 0 spiro atoms. The van der Waals surface area contributed by atoms with Crippen molar-refractivity contribution in [2.45, 2.75) is 51.5 Å². The van der Waals surface area contributed by atoms with Gasteiger partial charge in [-0.15, -0.1) is 0 Å². The van der Waals surface area contributed by atoms with Crippen molar-refractivity contribution in [1.82, 2.24) is 4.90 Å². The molecule has 3 heteroatoms. The Labute approximate surface area is 121 Å². The molecule has 1 fully saturated rings. The number of hydrogen-bond acceptors (Lipinski definition) is 2. The topological polar surface area (TPSA) is 40.5 Å². The van der Waals surface area contributed by atoms with Gasteiger partial charge < -0.3 is 5.11 Å². The minimum atomic E-state index is -0.722. The van der Waals surface area contributed by atoms with E-state index in [0.29, 0.717) is 0 Å². The fraction of sp³-hybridized carbons (Fsp3) is 0.588. The Morgan fingerprint density at radius 2 is 1.80 bits per heavy atom. The summed E-state index contributed by atoms with van der Waals surface area (Å²) in [5.41, 5.74) is 1.94. The zero-order valence-electron chi connectivity index (χ0n) is 12.6. The molecule has 1 heterocycles. The summed E-state index contributed by atoms with van der Waals surface area (Å²) in [5.74, 6) is -0.722. The van der Waals surface area contributed by atoms with Gasteiger partial charge in [0.15, 0.2) is 0 Å². The summed E-state index contributed by atoms with van der Waals surface area (Å²) < 4.78 is 0. The highest BCUT2D eigenvalue weighted by Gasteiger charge is 2.37. The van der Waals surface area contributed by atoms with Gasteiger partial charge in [-0.05, 0) is 50.9 Å². The van der Waals surface area contributed by atoms with E-state index in [9.17, 15) is 9.90 Å². The Morgan fingerprint density at radius 3 is 2.35 bits per heavy atom. The largest absolute Gasteiger partial charge is 0.481 e. The third-order valence-corrected chi connectivity index (χ3v) is 4.52. The molecule has 3 nitrogen and oxygen atoms in total. The zero-order valence-corrected chi connectivity index (χ0v) is 12.6. The Morgan fingerprint density at radius 1 is 1.20 bits per heavy atom. The smallest absolute Gasteiger partial charge is 0.305 e. The first kappa shape index (κ1) is 15.0. The summed E-state index contributed by atoms with van der Waals surface area (Å²) in [6.45, 7) is 6.16. The number of carboxylic acid groups (broad SMARTS) is 1. The van der Waals surface area contributed by atoms with Gasteiger partial charge >= 0.3 is 5.97 Å². The molecule has 1 aromatic carbocycles. The first-order valence-corrected chi connectivity index (χ1v) is 7.57. The molecular formula is C17H25NO2. The van der Waals surface area contributed by atoms with E-state index in [2.05, 4.69) is 30.9 Å². The van der Waals surface area contributed by atoms with Crippen LogP contribution in [0.3, 0.4) is 0 Å². The van der Waals surface area contributed by atoms with Gasteiger partial charge in [-0.3, -0.25) is 9.69 Å². The highest BCUT2D eigenvalue weighted by atomic mass is 16.4. The molecule has 0 aromatic heterocycles. The van der Waals surface area contributed by atoms with Crippen molar-refractivity contribution in [3.05, 3.63) is 35.4 Å². The van der Waals surface area contributed by atoms with Crippen LogP contribution in [0.25, 0.3) is 0 Å². The minimum Gasteiger partial charge on any atom is -0.481 e. The van der Waals surface area contributed by atoms with E-state index >= 15 is 0 Å². The van der Waals surface area contributed by atoms with Gasteiger partial charge in [-0.25, -0.2) is 0 Å². The van der Waals surface area contributed by atoms with E-state index < -0.39 is 11.5 Å². The van der Waals surface area contributed by atoms with Gasteiger partial charge in [0.25, 0.3) is 0 Å². The number of carbonyl (C=O) groups is 1. The van der Waals surface area contributed by atoms with Crippen LogP contribution in [0.15, 0.2) is 24.3 Å². The maximum Gasteiger partial charge on any atom is 0.305 e. The van der Waals surface area contributed by atoms with Gasteiger partial charge in [0, 0.05) is 0 Å². The Kier molecular flexibility index (Phi) is 4.81. The van der Waals surface area contributed by atoms with Crippen molar-refractivity contribution >= 4 is 5.97 Å². The van der Waals surface area contributed by atoms with Crippen molar-refractivity contribution in [3.63, 3.8) is 0 Å². The van der Waals surface area contributed by atoms with E-state index in [4.69, 9.17) is 0 Å². The monoisotopic (exact) mass is 275 g/mol. The molecular weight excluding hydrogens is 250 g/mol. The molecule has 0 bridgehead atoms. The highest BCUT2D eigenvalue weighted by molar-refractivity contribution is 5.69. The predicted molar refractivity (Wildman–Crippen MR) is 80.8 cm³/mol. The maximum absolute atomic E-state index is 11.4. The Balaban J connectivity index is 2.38. The lowest BCUT2D eigenvalue weighted by atomic mass is 9.83. The molecule has 0 aliphatic carbocycles. The average molecular weight is 275 g/mol. The van der Waals surface area contributed by atoms with Gasteiger partial charge in [-0.1, -0.05) is 37.1 Å². The summed E-state index contributed by atoms with van der Waals surface area (Å²) in [5, 5.41) is 9.38. The normalized spacial score (nSPS) is 20.1. The quantitative estimate of drug-likeness (QED) is 0.913. The highest BCUT2D eigenvalue weighted by Crippen LogP contribution is 2.35. The molecule has 1 atom stereocenters. The summed E-state index contributed by atoms with van der Waals surface area (Å²) in [6.07, 6.45) is 5.01. The van der Waals surface area contributed by atoms with Crippen molar-refractivity contribution in [2.75, 3.05) is 13.1 Å². The summed E-state index contributed by atoms with van der Waals surface area (Å²) in [6, 6.07) is 8.19. The number of aryl methyl sites for hydroxylation is 1. The van der Waals surface area contributed by atoms with Crippen LogP contribution in [-0.2, 0) is 10.3 Å². The van der Waals surface area contributed by atoms with E-state index in [1.165, 1.54) is 31.2 Å². The lowest BCUT2D eigenvalue weighted by molar-refractivity contribution is -0.140. The van der Waals surface area contributed by atoms with Crippen molar-refractivity contribution in [1.29, 1.82) is 0 Å². The Hall–Kier alpha value is -1.35. The van der Waals surface area contributed by atoms with Crippen molar-refractivity contribution < 1.29 is 9.90 Å². The molecule has 1 saturated heterocycles. The summed E-state index contributed by atoms with van der Waals surface area (Å²) in [4.78, 5) is 13.8. The molecule has 1 aliphatic rings. The van der Waals surface area contributed by atoms with E-state index in [1.807, 2.05) is 12.1 Å². The van der Waals surface area contributed by atoms with Crippen LogP contribution in [0.4, 0.5) is 0 Å². The van der Waals surface area contributed by atoms with Crippen LogP contribution in [0.5, 0.6) is 0 Å². The van der Waals surface area contributed by atoms with Crippen LogP contribution in [0.2, 0.25) is 0 Å². The number of aliphatic carboxylic acids is 1. The number of likely N-dealkylation sites (tertiary alicyclic amines) is 1. The summed E-state index contributed by atoms with van der Waals surface area (Å²) in [7, 11) is 0. The third kappa shape index (κ3) is 3.21.